The summed E-state index contributed by atoms with van der Waals surface area (Å²) in [7, 11) is 0. The van der Waals surface area contributed by atoms with E-state index in [1.54, 1.807) is 0 Å². The van der Waals surface area contributed by atoms with Gasteiger partial charge in [0.25, 0.3) is 0 Å². The van der Waals surface area contributed by atoms with Crippen LogP contribution in [0.3, 0.4) is 0 Å². The average Bonchev–Trinajstić information content (AvgIpc) is 2.70. The zero-order chi connectivity index (χ0) is 18.9. The zero-order valence-corrected chi connectivity index (χ0v) is 16.0. The summed E-state index contributed by atoms with van der Waals surface area (Å²) in [6.45, 7) is 3.68. The van der Waals surface area contributed by atoms with Crippen molar-refractivity contribution in [1.29, 1.82) is 0 Å². The van der Waals surface area contributed by atoms with Crippen molar-refractivity contribution in [3.63, 3.8) is 0 Å². The number of aryl methyl sites for hydroxylation is 1. The molecule has 4 rings (SSSR count). The maximum atomic E-state index is 5.91. The monoisotopic (exact) mass is 375 g/mol. The molecule has 4 heteroatoms. The van der Waals surface area contributed by atoms with Gasteiger partial charge in [0, 0.05) is 18.5 Å². The molecule has 4 aromatic rings. The van der Waals surface area contributed by atoms with Gasteiger partial charge in [-0.15, -0.1) is 0 Å². The Bertz CT molecular complexity index is 933. The van der Waals surface area contributed by atoms with E-state index in [1.807, 2.05) is 43.3 Å². The van der Waals surface area contributed by atoms with E-state index < -0.39 is 0 Å². The van der Waals surface area contributed by atoms with Crippen LogP contribution in [-0.4, -0.2) is 9.97 Å². The maximum Gasteiger partial charge on any atom is 0.140 e. The summed E-state index contributed by atoms with van der Waals surface area (Å²) in [5.41, 5.74) is 3.55. The van der Waals surface area contributed by atoms with Gasteiger partial charge in [-0.3, -0.25) is 0 Å². The van der Waals surface area contributed by atoms with Crippen LogP contribution in [0, 0.1) is 6.92 Å². The van der Waals surface area contributed by atoms with Gasteiger partial charge < -0.3 is 5.32 Å². The lowest BCUT2D eigenvalue weighted by atomic mass is 10.2. The second kappa shape index (κ2) is 9.81. The number of aromatic nitrogens is 2. The summed E-state index contributed by atoms with van der Waals surface area (Å²) < 4.78 is 0. The van der Waals surface area contributed by atoms with Crippen LogP contribution in [0.15, 0.2) is 84.9 Å². The lowest BCUT2D eigenvalue weighted by Gasteiger charge is -2.04. The Labute approximate surface area is 165 Å². The molecule has 3 aromatic carbocycles. The van der Waals surface area contributed by atoms with Crippen LogP contribution >= 0.6 is 11.6 Å². The molecule has 0 atom stereocenters. The predicted octanol–water partition coefficient (Wildman–Crippen LogP) is 5.57. The van der Waals surface area contributed by atoms with Gasteiger partial charge in [-0.1, -0.05) is 84.4 Å². The number of para-hydroxylation sites is 1. The quantitative estimate of drug-likeness (QED) is 0.474. The van der Waals surface area contributed by atoms with Gasteiger partial charge in [-0.25, -0.2) is 9.97 Å². The van der Waals surface area contributed by atoms with Gasteiger partial charge in [0.05, 0.1) is 5.52 Å². The molecule has 0 bridgehead atoms. The molecule has 0 aliphatic rings. The molecule has 27 heavy (non-hydrogen) atoms. The maximum absolute atomic E-state index is 5.91. The van der Waals surface area contributed by atoms with Crippen LogP contribution in [0.5, 0.6) is 0 Å². The van der Waals surface area contributed by atoms with Crippen LogP contribution in [0.2, 0.25) is 5.15 Å². The van der Waals surface area contributed by atoms with Crippen molar-refractivity contribution < 1.29 is 0 Å². The normalized spacial score (nSPS) is 10.3. The van der Waals surface area contributed by atoms with E-state index >= 15 is 0 Å². The molecule has 0 amide bonds. The molecular formula is C23H22ClN3. The third-order valence-electron chi connectivity index (χ3n) is 4.01. The molecule has 0 spiro atoms. The molecular weight excluding hydrogens is 354 g/mol. The Morgan fingerprint density at radius 2 is 1.22 bits per heavy atom. The lowest BCUT2D eigenvalue weighted by Crippen LogP contribution is -2.12. The molecule has 136 valence electrons. The highest BCUT2D eigenvalue weighted by Crippen LogP contribution is 2.19. The first kappa shape index (κ1) is 19.0. The topological polar surface area (TPSA) is 37.8 Å². The molecule has 1 N–H and O–H groups in total. The predicted molar refractivity (Wildman–Crippen MR) is 113 cm³/mol. The SMILES string of the molecule is Cc1nc(Cl)c2ccccc2n1.c1ccc(CNCc2ccccc2)cc1. The molecule has 1 aromatic heterocycles. The molecule has 0 radical (unpaired) electrons. The summed E-state index contributed by atoms with van der Waals surface area (Å²) in [6, 6.07) is 28.6. The molecule has 3 nitrogen and oxygen atoms in total. The van der Waals surface area contributed by atoms with Crippen molar-refractivity contribution in [1.82, 2.24) is 15.3 Å². The Kier molecular flexibility index (Phi) is 6.91. The third-order valence-corrected chi connectivity index (χ3v) is 4.30. The summed E-state index contributed by atoms with van der Waals surface area (Å²) in [4.78, 5) is 8.30. The van der Waals surface area contributed by atoms with E-state index in [4.69, 9.17) is 11.6 Å². The highest BCUT2D eigenvalue weighted by atomic mass is 35.5. The first-order valence-electron chi connectivity index (χ1n) is 8.90. The largest absolute Gasteiger partial charge is 0.309 e. The average molecular weight is 376 g/mol. The molecule has 1 heterocycles. The first-order chi connectivity index (χ1) is 13.2. The fraction of sp³-hybridized carbons (Fsp3) is 0.130. The number of hydrogen-bond donors (Lipinski definition) is 1. The van der Waals surface area contributed by atoms with Crippen molar-refractivity contribution in [2.75, 3.05) is 0 Å². The zero-order valence-electron chi connectivity index (χ0n) is 15.3. The highest BCUT2D eigenvalue weighted by molar-refractivity contribution is 6.34. The highest BCUT2D eigenvalue weighted by Gasteiger charge is 2.00. The van der Waals surface area contributed by atoms with Crippen LogP contribution < -0.4 is 5.32 Å². The number of fused-ring (bicyclic) bond motifs is 1. The summed E-state index contributed by atoms with van der Waals surface area (Å²) in [5.74, 6) is 0.707. The lowest BCUT2D eigenvalue weighted by molar-refractivity contribution is 0.693. The van der Waals surface area contributed by atoms with Crippen molar-refractivity contribution in [3.05, 3.63) is 107 Å². The standard InChI is InChI=1S/C14H15N.C9H7ClN2/c1-3-7-13(8-4-1)11-15-12-14-9-5-2-6-10-14;1-6-11-8-5-3-2-4-7(8)9(10)12-6/h1-10,15H,11-12H2;2-5H,1H3. The van der Waals surface area contributed by atoms with E-state index in [9.17, 15) is 0 Å². The van der Waals surface area contributed by atoms with Gasteiger partial charge in [-0.2, -0.15) is 0 Å². The summed E-state index contributed by atoms with van der Waals surface area (Å²) >= 11 is 5.91. The van der Waals surface area contributed by atoms with Gasteiger partial charge in [0.15, 0.2) is 0 Å². The van der Waals surface area contributed by atoms with Crippen molar-refractivity contribution in [2.45, 2.75) is 20.0 Å². The van der Waals surface area contributed by atoms with E-state index in [1.165, 1.54) is 11.1 Å². The van der Waals surface area contributed by atoms with Gasteiger partial charge in [-0.05, 0) is 30.2 Å². The molecule has 0 saturated heterocycles. The minimum Gasteiger partial charge on any atom is -0.309 e. The van der Waals surface area contributed by atoms with E-state index in [2.05, 4.69) is 63.8 Å². The van der Waals surface area contributed by atoms with Crippen molar-refractivity contribution in [2.24, 2.45) is 0 Å². The molecule has 0 unspecified atom stereocenters. The van der Waals surface area contributed by atoms with E-state index in [0.717, 1.165) is 24.0 Å². The Morgan fingerprint density at radius 1 is 0.704 bits per heavy atom. The minimum absolute atomic E-state index is 0.526. The third kappa shape index (κ3) is 5.88. The van der Waals surface area contributed by atoms with E-state index in [-0.39, 0.29) is 0 Å². The number of hydrogen-bond acceptors (Lipinski definition) is 3. The van der Waals surface area contributed by atoms with Crippen LogP contribution in [-0.2, 0) is 13.1 Å². The first-order valence-corrected chi connectivity index (χ1v) is 9.27. The number of nitrogens with one attached hydrogen (secondary N) is 1. The molecule has 0 aliphatic heterocycles. The number of benzene rings is 3. The van der Waals surface area contributed by atoms with Gasteiger partial charge in [0.2, 0.25) is 0 Å². The van der Waals surface area contributed by atoms with E-state index in [0.29, 0.717) is 11.0 Å². The van der Waals surface area contributed by atoms with Gasteiger partial charge >= 0.3 is 0 Å². The summed E-state index contributed by atoms with van der Waals surface area (Å²) in [6.07, 6.45) is 0. The minimum atomic E-state index is 0.526. The van der Waals surface area contributed by atoms with Crippen LogP contribution in [0.1, 0.15) is 17.0 Å². The van der Waals surface area contributed by atoms with Gasteiger partial charge in [0.1, 0.15) is 11.0 Å². The fourth-order valence-corrected chi connectivity index (χ4v) is 2.97. The smallest absolute Gasteiger partial charge is 0.140 e. The number of rotatable bonds is 4. The molecule has 0 saturated carbocycles. The summed E-state index contributed by atoms with van der Waals surface area (Å²) in [5, 5.41) is 4.85. The van der Waals surface area contributed by atoms with Crippen molar-refractivity contribution >= 4 is 22.5 Å². The Morgan fingerprint density at radius 3 is 1.81 bits per heavy atom. The Balaban J connectivity index is 0.000000159. The Hall–Kier alpha value is -2.75. The number of nitrogens with zero attached hydrogens (tertiary/aromatic N) is 2. The second-order valence-electron chi connectivity index (χ2n) is 6.15. The number of halogens is 1. The van der Waals surface area contributed by atoms with Crippen LogP contribution in [0.4, 0.5) is 0 Å². The molecule has 0 fully saturated rings. The second-order valence-corrected chi connectivity index (χ2v) is 6.51. The van der Waals surface area contributed by atoms with Crippen molar-refractivity contribution in [3.8, 4) is 0 Å². The van der Waals surface area contributed by atoms with Crippen LogP contribution in [0.25, 0.3) is 10.9 Å². The molecule has 0 aliphatic carbocycles. The fourth-order valence-electron chi connectivity index (χ4n) is 2.69.